The molecule has 2 N–H and O–H groups in total. The van der Waals surface area contributed by atoms with Gasteiger partial charge in [0, 0.05) is 18.9 Å². The Balaban J connectivity index is 1.95. The van der Waals surface area contributed by atoms with Gasteiger partial charge in [-0.2, -0.15) is 0 Å². The molecule has 3 nitrogen and oxygen atoms in total. The monoisotopic (exact) mass is 215 g/mol. The van der Waals surface area contributed by atoms with E-state index < -0.39 is 0 Å². The van der Waals surface area contributed by atoms with E-state index in [4.69, 9.17) is 0 Å². The molecule has 1 aromatic heterocycles. The van der Waals surface area contributed by atoms with Crippen molar-refractivity contribution in [3.63, 3.8) is 0 Å². The van der Waals surface area contributed by atoms with Crippen LogP contribution in [0, 0.1) is 6.92 Å². The van der Waals surface area contributed by atoms with Crippen LogP contribution in [0.15, 0.2) is 36.7 Å². The Morgan fingerprint density at radius 1 is 1.38 bits per heavy atom. The van der Waals surface area contributed by atoms with Crippen LogP contribution in [0.25, 0.3) is 0 Å². The Hall–Kier alpha value is -1.61. The van der Waals surface area contributed by atoms with Gasteiger partial charge in [0.05, 0.1) is 6.04 Å². The van der Waals surface area contributed by atoms with Gasteiger partial charge in [-0.3, -0.25) is 0 Å². The maximum Gasteiger partial charge on any atom is 0.122 e. The van der Waals surface area contributed by atoms with Crippen LogP contribution < -0.4 is 5.32 Å². The normalized spacial score (nSPS) is 12.6. The second-order valence-electron chi connectivity index (χ2n) is 4.00. The lowest BCUT2D eigenvalue weighted by atomic mass is 10.1. The molecule has 1 unspecified atom stereocenters. The molecule has 3 heteroatoms. The van der Waals surface area contributed by atoms with E-state index in [1.807, 2.05) is 6.20 Å². The van der Waals surface area contributed by atoms with E-state index in [0.29, 0.717) is 0 Å². The van der Waals surface area contributed by atoms with E-state index in [2.05, 4.69) is 53.4 Å². The Labute approximate surface area is 95.9 Å². The average Bonchev–Trinajstić information content (AvgIpc) is 2.81. The third-order valence-corrected chi connectivity index (χ3v) is 2.79. The Morgan fingerprint density at radius 3 is 2.88 bits per heavy atom. The molecular weight excluding hydrogens is 198 g/mol. The minimum atomic E-state index is 0.245. The van der Waals surface area contributed by atoms with Crippen LogP contribution in [0.3, 0.4) is 0 Å². The molecule has 0 spiro atoms. The summed E-state index contributed by atoms with van der Waals surface area (Å²) in [6.45, 7) is 5.11. The topological polar surface area (TPSA) is 40.7 Å². The zero-order chi connectivity index (χ0) is 11.4. The van der Waals surface area contributed by atoms with Gasteiger partial charge in [-0.15, -0.1) is 0 Å². The first-order chi connectivity index (χ1) is 7.77. The second kappa shape index (κ2) is 4.94. The summed E-state index contributed by atoms with van der Waals surface area (Å²) in [4.78, 5) is 7.35. The number of benzene rings is 1. The summed E-state index contributed by atoms with van der Waals surface area (Å²) in [6.07, 6.45) is 3.63. The highest BCUT2D eigenvalue weighted by molar-refractivity contribution is 5.25. The first-order valence-corrected chi connectivity index (χ1v) is 5.54. The van der Waals surface area contributed by atoms with E-state index in [1.54, 1.807) is 6.20 Å². The number of nitrogens with zero attached hydrogens (tertiary/aromatic N) is 1. The molecule has 16 heavy (non-hydrogen) atoms. The molecule has 0 bridgehead atoms. The number of aromatic amines is 1. The third kappa shape index (κ3) is 2.49. The Kier molecular flexibility index (Phi) is 3.37. The fraction of sp³-hybridized carbons (Fsp3) is 0.308. The molecule has 0 aliphatic heterocycles. The number of hydrogen-bond acceptors (Lipinski definition) is 2. The highest BCUT2D eigenvalue weighted by atomic mass is 15.0. The zero-order valence-corrected chi connectivity index (χ0v) is 9.70. The molecule has 0 saturated heterocycles. The molecular formula is C13H17N3. The summed E-state index contributed by atoms with van der Waals surface area (Å²) in [7, 11) is 0. The van der Waals surface area contributed by atoms with Crippen LogP contribution in [-0.4, -0.2) is 9.97 Å². The van der Waals surface area contributed by atoms with Crippen LogP contribution in [0.4, 0.5) is 0 Å². The number of aryl methyl sites for hydroxylation is 1. The first kappa shape index (κ1) is 10.9. The van der Waals surface area contributed by atoms with E-state index in [-0.39, 0.29) is 6.04 Å². The van der Waals surface area contributed by atoms with Crippen molar-refractivity contribution in [2.45, 2.75) is 26.4 Å². The molecule has 2 rings (SSSR count). The molecule has 0 fully saturated rings. The van der Waals surface area contributed by atoms with Crippen LogP contribution >= 0.6 is 0 Å². The van der Waals surface area contributed by atoms with Gasteiger partial charge in [0.15, 0.2) is 0 Å². The van der Waals surface area contributed by atoms with Crippen molar-refractivity contribution in [1.82, 2.24) is 15.3 Å². The Morgan fingerprint density at radius 2 is 2.19 bits per heavy atom. The van der Waals surface area contributed by atoms with Crippen LogP contribution in [0.5, 0.6) is 0 Å². The van der Waals surface area contributed by atoms with Gasteiger partial charge in [-0.1, -0.05) is 24.3 Å². The summed E-state index contributed by atoms with van der Waals surface area (Å²) in [6, 6.07) is 8.66. The van der Waals surface area contributed by atoms with Crippen molar-refractivity contribution in [2.24, 2.45) is 0 Å². The van der Waals surface area contributed by atoms with Crippen molar-refractivity contribution < 1.29 is 0 Å². The standard InChI is InChI=1S/C13H17N3/c1-10-5-3-4-6-12(10)9-16-11(2)13-14-7-8-15-13/h3-8,11,16H,9H2,1-2H3,(H,14,15). The predicted molar refractivity (Wildman–Crippen MR) is 65.0 cm³/mol. The maximum atomic E-state index is 4.23. The van der Waals surface area contributed by atoms with Crippen molar-refractivity contribution in [3.05, 3.63) is 53.6 Å². The van der Waals surface area contributed by atoms with Gasteiger partial charge in [-0.05, 0) is 25.0 Å². The lowest BCUT2D eigenvalue weighted by Crippen LogP contribution is -2.19. The van der Waals surface area contributed by atoms with E-state index in [0.717, 1.165) is 12.4 Å². The van der Waals surface area contributed by atoms with Gasteiger partial charge in [0.1, 0.15) is 5.82 Å². The summed E-state index contributed by atoms with van der Waals surface area (Å²) in [5.74, 6) is 0.980. The second-order valence-corrected chi connectivity index (χ2v) is 4.00. The zero-order valence-electron chi connectivity index (χ0n) is 9.70. The van der Waals surface area contributed by atoms with E-state index >= 15 is 0 Å². The SMILES string of the molecule is Cc1ccccc1CNC(C)c1ncc[nH]1. The molecule has 1 heterocycles. The number of nitrogens with one attached hydrogen (secondary N) is 2. The number of hydrogen-bond donors (Lipinski definition) is 2. The first-order valence-electron chi connectivity index (χ1n) is 5.54. The summed E-state index contributed by atoms with van der Waals surface area (Å²) >= 11 is 0. The molecule has 0 aliphatic rings. The Bertz CT molecular complexity index is 434. The van der Waals surface area contributed by atoms with Crippen LogP contribution in [-0.2, 0) is 6.54 Å². The maximum absolute atomic E-state index is 4.23. The molecule has 0 amide bonds. The molecule has 1 atom stereocenters. The summed E-state index contributed by atoms with van der Waals surface area (Å²) in [5.41, 5.74) is 2.66. The number of H-pyrrole nitrogens is 1. The predicted octanol–water partition coefficient (Wildman–Crippen LogP) is 2.57. The lowest BCUT2D eigenvalue weighted by molar-refractivity contribution is 0.550. The van der Waals surface area contributed by atoms with Crippen molar-refractivity contribution in [3.8, 4) is 0 Å². The van der Waals surface area contributed by atoms with Gasteiger partial charge in [-0.25, -0.2) is 4.98 Å². The fourth-order valence-electron chi connectivity index (χ4n) is 1.68. The van der Waals surface area contributed by atoms with Crippen molar-refractivity contribution in [2.75, 3.05) is 0 Å². The van der Waals surface area contributed by atoms with Gasteiger partial charge >= 0.3 is 0 Å². The van der Waals surface area contributed by atoms with E-state index in [1.165, 1.54) is 11.1 Å². The van der Waals surface area contributed by atoms with Crippen LogP contribution in [0.1, 0.15) is 29.9 Å². The third-order valence-electron chi connectivity index (χ3n) is 2.79. The fourth-order valence-corrected chi connectivity index (χ4v) is 1.68. The lowest BCUT2D eigenvalue weighted by Gasteiger charge is -2.12. The quantitative estimate of drug-likeness (QED) is 0.823. The summed E-state index contributed by atoms with van der Waals surface area (Å²) < 4.78 is 0. The van der Waals surface area contributed by atoms with Crippen molar-refractivity contribution in [1.29, 1.82) is 0 Å². The molecule has 0 aliphatic carbocycles. The molecule has 0 saturated carbocycles. The highest BCUT2D eigenvalue weighted by Gasteiger charge is 2.06. The molecule has 2 aromatic rings. The number of imidazole rings is 1. The van der Waals surface area contributed by atoms with Crippen molar-refractivity contribution >= 4 is 0 Å². The van der Waals surface area contributed by atoms with Gasteiger partial charge in [0.25, 0.3) is 0 Å². The minimum Gasteiger partial charge on any atom is -0.347 e. The number of aromatic nitrogens is 2. The van der Waals surface area contributed by atoms with Crippen LogP contribution in [0.2, 0.25) is 0 Å². The van der Waals surface area contributed by atoms with Gasteiger partial charge < -0.3 is 10.3 Å². The van der Waals surface area contributed by atoms with E-state index in [9.17, 15) is 0 Å². The largest absolute Gasteiger partial charge is 0.347 e. The molecule has 1 aromatic carbocycles. The summed E-state index contributed by atoms with van der Waals surface area (Å²) in [5, 5.41) is 3.45. The molecule has 0 radical (unpaired) electrons. The molecule has 84 valence electrons. The van der Waals surface area contributed by atoms with Gasteiger partial charge in [0.2, 0.25) is 0 Å². The minimum absolute atomic E-state index is 0.245. The smallest absolute Gasteiger partial charge is 0.122 e. The highest BCUT2D eigenvalue weighted by Crippen LogP contribution is 2.10. The number of rotatable bonds is 4. The average molecular weight is 215 g/mol.